The molecule has 0 bridgehead atoms. The van der Waals surface area contributed by atoms with Crippen molar-refractivity contribution < 1.29 is 5.11 Å². The summed E-state index contributed by atoms with van der Waals surface area (Å²) >= 11 is 0. The Morgan fingerprint density at radius 1 is 1.50 bits per heavy atom. The van der Waals surface area contributed by atoms with E-state index in [1.807, 2.05) is 0 Å². The molecule has 0 spiro atoms. The van der Waals surface area contributed by atoms with Gasteiger partial charge in [0, 0.05) is 5.41 Å². The van der Waals surface area contributed by atoms with Crippen LogP contribution in [0.1, 0.15) is 46.5 Å². The number of hydrogen-bond donors (Lipinski definition) is 1. The van der Waals surface area contributed by atoms with Crippen molar-refractivity contribution in [2.45, 2.75) is 52.6 Å². The van der Waals surface area contributed by atoms with Gasteiger partial charge in [-0.25, -0.2) is 0 Å². The highest BCUT2D eigenvalue weighted by Gasteiger charge is 2.47. The predicted octanol–water partition coefficient (Wildman–Crippen LogP) is 3.70. The zero-order valence-electron chi connectivity index (χ0n) is 10.8. The second-order valence-electron chi connectivity index (χ2n) is 6.08. The highest BCUT2D eigenvalue weighted by molar-refractivity contribution is 5.19. The minimum atomic E-state index is -0.156. The zero-order chi connectivity index (χ0) is 11.9. The molecule has 2 aliphatic carbocycles. The Balaban J connectivity index is 2.28. The van der Waals surface area contributed by atoms with Gasteiger partial charge in [-0.3, -0.25) is 0 Å². The summed E-state index contributed by atoms with van der Waals surface area (Å²) in [4.78, 5) is 0. The topological polar surface area (TPSA) is 20.2 Å². The van der Waals surface area contributed by atoms with Crippen molar-refractivity contribution in [2.24, 2.45) is 17.3 Å². The number of allylic oxidation sites excluding steroid dienone is 3. The van der Waals surface area contributed by atoms with Crippen molar-refractivity contribution in [3.05, 3.63) is 23.8 Å². The van der Waals surface area contributed by atoms with Crippen LogP contribution in [0.15, 0.2) is 23.8 Å². The summed E-state index contributed by atoms with van der Waals surface area (Å²) in [6.45, 7) is 10.7. The van der Waals surface area contributed by atoms with Crippen LogP contribution in [0.3, 0.4) is 0 Å². The van der Waals surface area contributed by atoms with E-state index in [4.69, 9.17) is 0 Å². The van der Waals surface area contributed by atoms with Crippen LogP contribution in [0.25, 0.3) is 0 Å². The lowest BCUT2D eigenvalue weighted by Crippen LogP contribution is -2.47. The summed E-state index contributed by atoms with van der Waals surface area (Å²) < 4.78 is 0. The van der Waals surface area contributed by atoms with Crippen molar-refractivity contribution >= 4 is 0 Å². The molecule has 16 heavy (non-hydrogen) atoms. The molecule has 0 heterocycles. The Morgan fingerprint density at radius 3 is 2.81 bits per heavy atom. The van der Waals surface area contributed by atoms with Crippen molar-refractivity contribution in [3.8, 4) is 0 Å². The molecule has 2 rings (SSSR count). The van der Waals surface area contributed by atoms with Gasteiger partial charge in [-0.2, -0.15) is 0 Å². The normalized spacial score (nSPS) is 43.5. The summed E-state index contributed by atoms with van der Waals surface area (Å²) in [6.07, 6.45) is 6.57. The molecule has 1 heteroatoms. The van der Waals surface area contributed by atoms with Gasteiger partial charge in [-0.1, -0.05) is 30.7 Å². The van der Waals surface area contributed by atoms with Gasteiger partial charge in [-0.15, -0.1) is 0 Å². The third-order valence-corrected chi connectivity index (χ3v) is 4.98. The van der Waals surface area contributed by atoms with Gasteiger partial charge in [0.2, 0.25) is 0 Å². The minimum Gasteiger partial charge on any atom is -0.393 e. The fourth-order valence-electron chi connectivity index (χ4n) is 3.62. The molecule has 90 valence electrons. The maximum atomic E-state index is 10.4. The molecule has 2 aliphatic rings. The van der Waals surface area contributed by atoms with E-state index in [1.54, 1.807) is 0 Å². The third-order valence-electron chi connectivity index (χ3n) is 4.98. The monoisotopic (exact) mass is 220 g/mol. The van der Waals surface area contributed by atoms with Crippen LogP contribution in [0.5, 0.6) is 0 Å². The Labute approximate surface area is 99.3 Å². The molecule has 0 aliphatic heterocycles. The van der Waals surface area contributed by atoms with Crippen LogP contribution in [0.4, 0.5) is 0 Å². The van der Waals surface area contributed by atoms with Gasteiger partial charge in [-0.05, 0) is 51.4 Å². The van der Waals surface area contributed by atoms with E-state index in [0.717, 1.165) is 19.3 Å². The number of aliphatic hydroxyl groups excluding tert-OH is 1. The standard InChI is InChI=1S/C15H24O/c1-10(2)12-8-13-11(3)6-5-7-15(13,4)14(16)9-12/h6,12-14,16H,1,5,7-9H2,2-4H3/t12-,13?,14?,15+/m0/s1. The van der Waals surface area contributed by atoms with Gasteiger partial charge in [0.25, 0.3) is 0 Å². The lowest BCUT2D eigenvalue weighted by molar-refractivity contribution is -0.0534. The van der Waals surface area contributed by atoms with Crippen molar-refractivity contribution in [1.29, 1.82) is 0 Å². The number of rotatable bonds is 1. The highest BCUT2D eigenvalue weighted by Crippen LogP contribution is 2.52. The van der Waals surface area contributed by atoms with Crippen LogP contribution in [0.2, 0.25) is 0 Å². The smallest absolute Gasteiger partial charge is 0.0605 e. The second-order valence-corrected chi connectivity index (χ2v) is 6.08. The summed E-state index contributed by atoms with van der Waals surface area (Å²) in [5.41, 5.74) is 2.84. The molecule has 4 atom stereocenters. The molecule has 1 fully saturated rings. The van der Waals surface area contributed by atoms with Gasteiger partial charge in [0.1, 0.15) is 0 Å². The van der Waals surface area contributed by atoms with Crippen LogP contribution < -0.4 is 0 Å². The number of hydrogen-bond acceptors (Lipinski definition) is 1. The molecule has 1 nitrogen and oxygen atoms in total. The molecule has 1 N–H and O–H groups in total. The highest BCUT2D eigenvalue weighted by atomic mass is 16.3. The maximum Gasteiger partial charge on any atom is 0.0605 e. The third kappa shape index (κ3) is 1.75. The molecule has 0 amide bonds. The minimum absolute atomic E-state index is 0.116. The maximum absolute atomic E-state index is 10.4. The Morgan fingerprint density at radius 2 is 2.19 bits per heavy atom. The van der Waals surface area contributed by atoms with Gasteiger partial charge in [0.05, 0.1) is 6.10 Å². The Bertz CT molecular complexity index is 328. The van der Waals surface area contributed by atoms with E-state index in [1.165, 1.54) is 17.6 Å². The molecule has 1 saturated carbocycles. The molecule has 0 saturated heterocycles. The summed E-state index contributed by atoms with van der Waals surface area (Å²) in [5.74, 6) is 1.07. The van der Waals surface area contributed by atoms with Crippen LogP contribution >= 0.6 is 0 Å². The first-order valence-corrected chi connectivity index (χ1v) is 6.45. The van der Waals surface area contributed by atoms with E-state index < -0.39 is 0 Å². The predicted molar refractivity (Wildman–Crippen MR) is 68.1 cm³/mol. The average Bonchev–Trinajstić information content (AvgIpc) is 2.20. The summed E-state index contributed by atoms with van der Waals surface area (Å²) in [5, 5.41) is 10.4. The van der Waals surface area contributed by atoms with Crippen molar-refractivity contribution in [3.63, 3.8) is 0 Å². The van der Waals surface area contributed by atoms with E-state index >= 15 is 0 Å². The van der Waals surface area contributed by atoms with Crippen molar-refractivity contribution in [1.82, 2.24) is 0 Å². The Kier molecular flexibility index (Phi) is 3.00. The van der Waals surface area contributed by atoms with Gasteiger partial charge >= 0.3 is 0 Å². The van der Waals surface area contributed by atoms with E-state index in [0.29, 0.717) is 11.8 Å². The first kappa shape index (κ1) is 11.9. The second kappa shape index (κ2) is 4.03. The lowest BCUT2D eigenvalue weighted by atomic mass is 9.56. The quantitative estimate of drug-likeness (QED) is 0.668. The summed E-state index contributed by atoms with van der Waals surface area (Å²) in [7, 11) is 0. The fraction of sp³-hybridized carbons (Fsp3) is 0.733. The van der Waals surface area contributed by atoms with Crippen molar-refractivity contribution in [2.75, 3.05) is 0 Å². The Hall–Kier alpha value is -0.560. The van der Waals surface area contributed by atoms with Gasteiger partial charge in [0.15, 0.2) is 0 Å². The molecule has 0 radical (unpaired) electrons. The molecular formula is C15H24O. The first-order valence-electron chi connectivity index (χ1n) is 6.45. The molecule has 0 aromatic carbocycles. The lowest BCUT2D eigenvalue weighted by Gasteiger charge is -2.50. The van der Waals surface area contributed by atoms with Crippen LogP contribution in [0, 0.1) is 17.3 Å². The average molecular weight is 220 g/mol. The van der Waals surface area contributed by atoms with E-state index in [-0.39, 0.29) is 11.5 Å². The zero-order valence-corrected chi connectivity index (χ0v) is 10.8. The summed E-state index contributed by atoms with van der Waals surface area (Å²) in [6, 6.07) is 0. The van der Waals surface area contributed by atoms with Gasteiger partial charge < -0.3 is 5.11 Å². The molecular weight excluding hydrogens is 196 g/mol. The largest absolute Gasteiger partial charge is 0.393 e. The van der Waals surface area contributed by atoms with Crippen LogP contribution in [-0.2, 0) is 0 Å². The number of fused-ring (bicyclic) bond motifs is 1. The fourth-order valence-corrected chi connectivity index (χ4v) is 3.62. The van der Waals surface area contributed by atoms with E-state index in [9.17, 15) is 5.11 Å². The molecule has 0 aromatic rings. The first-order chi connectivity index (χ1) is 7.45. The van der Waals surface area contributed by atoms with Crippen LogP contribution in [-0.4, -0.2) is 11.2 Å². The van der Waals surface area contributed by atoms with E-state index in [2.05, 4.69) is 33.4 Å². The number of aliphatic hydroxyl groups is 1. The molecule has 2 unspecified atom stereocenters. The SMILES string of the molecule is C=C(C)[C@@H]1CC(O)[C@]2(C)CCC=C(C)C2C1. The molecule has 0 aromatic heterocycles.